The van der Waals surface area contributed by atoms with Gasteiger partial charge in [-0.05, 0) is 31.0 Å². The van der Waals surface area contributed by atoms with Crippen LogP contribution < -0.4 is 0 Å². The number of halogens is 1. The number of hydrogen-bond donors (Lipinski definition) is 0. The molecule has 0 saturated carbocycles. The van der Waals surface area contributed by atoms with Crippen molar-refractivity contribution in [2.24, 2.45) is 0 Å². The smallest absolute Gasteiger partial charge is 0.193 e. The summed E-state index contributed by atoms with van der Waals surface area (Å²) in [4.78, 5) is 0. The lowest BCUT2D eigenvalue weighted by Crippen LogP contribution is -2.44. The molecule has 112 valence electrons. The molecule has 0 saturated heterocycles. The zero-order valence-electron chi connectivity index (χ0n) is 13.8. The Morgan fingerprint density at radius 1 is 1.26 bits per heavy atom. The maximum absolute atomic E-state index is 6.45. The summed E-state index contributed by atoms with van der Waals surface area (Å²) in [5.74, 6) is 6.68. The molecule has 0 fully saturated rings. The number of hydrogen-bond acceptors (Lipinski definition) is 1. The molecule has 1 nitrogen and oxygen atoms in total. The average Bonchev–Trinajstić information content (AvgIpc) is 2.21. The van der Waals surface area contributed by atoms with Crippen LogP contribution in [0.3, 0.4) is 0 Å². The van der Waals surface area contributed by atoms with Gasteiger partial charge in [0.2, 0.25) is 0 Å². The van der Waals surface area contributed by atoms with Crippen molar-refractivity contribution in [3.05, 3.63) is 0 Å². The predicted molar refractivity (Wildman–Crippen MR) is 97.5 cm³/mol. The van der Waals surface area contributed by atoms with Crippen LogP contribution in [0.15, 0.2) is 0 Å². The van der Waals surface area contributed by atoms with Crippen molar-refractivity contribution in [2.45, 2.75) is 88.5 Å². The van der Waals surface area contributed by atoms with E-state index >= 15 is 0 Å². The Labute approximate surface area is 135 Å². The highest BCUT2D eigenvalue weighted by molar-refractivity contribution is 14.1. The Morgan fingerprint density at radius 2 is 1.84 bits per heavy atom. The van der Waals surface area contributed by atoms with E-state index in [1.807, 2.05) is 0 Å². The van der Waals surface area contributed by atoms with Crippen molar-refractivity contribution in [1.82, 2.24) is 0 Å². The highest BCUT2D eigenvalue weighted by atomic mass is 127. The SMILES string of the molecule is CCCCC#C[C@H](CC(C)I)O[Si](C)(C)C(C)(C)C. The minimum absolute atomic E-state index is 0.115. The Hall–Kier alpha value is 0.467. The van der Waals surface area contributed by atoms with Gasteiger partial charge in [-0.25, -0.2) is 0 Å². The van der Waals surface area contributed by atoms with Crippen molar-refractivity contribution < 1.29 is 4.43 Å². The van der Waals surface area contributed by atoms with Crippen molar-refractivity contribution >= 4 is 30.9 Å². The van der Waals surface area contributed by atoms with E-state index in [-0.39, 0.29) is 11.1 Å². The molecule has 0 spiro atoms. The lowest BCUT2D eigenvalue weighted by molar-refractivity contribution is 0.225. The third-order valence-corrected chi connectivity index (χ3v) is 8.69. The molecule has 0 radical (unpaired) electrons. The van der Waals surface area contributed by atoms with E-state index in [1.54, 1.807) is 0 Å². The van der Waals surface area contributed by atoms with Crippen LogP contribution in [-0.2, 0) is 4.43 Å². The monoisotopic (exact) mass is 394 g/mol. The van der Waals surface area contributed by atoms with Gasteiger partial charge in [-0.2, -0.15) is 0 Å². The molecule has 2 atom stereocenters. The molecule has 0 aliphatic carbocycles. The van der Waals surface area contributed by atoms with E-state index in [0.29, 0.717) is 3.92 Å². The van der Waals surface area contributed by atoms with Gasteiger partial charge >= 0.3 is 0 Å². The van der Waals surface area contributed by atoms with Gasteiger partial charge in [-0.3, -0.25) is 0 Å². The molecule has 19 heavy (non-hydrogen) atoms. The van der Waals surface area contributed by atoms with E-state index in [9.17, 15) is 0 Å². The Kier molecular flexibility index (Phi) is 8.90. The van der Waals surface area contributed by atoms with Gasteiger partial charge in [0.05, 0.1) is 0 Å². The van der Waals surface area contributed by atoms with E-state index < -0.39 is 8.32 Å². The minimum atomic E-state index is -1.71. The fourth-order valence-electron chi connectivity index (χ4n) is 1.42. The lowest BCUT2D eigenvalue weighted by Gasteiger charge is -2.38. The summed E-state index contributed by atoms with van der Waals surface area (Å²) in [7, 11) is -1.71. The highest BCUT2D eigenvalue weighted by Gasteiger charge is 2.39. The molecule has 0 N–H and O–H groups in total. The van der Waals surface area contributed by atoms with Crippen molar-refractivity contribution in [2.75, 3.05) is 0 Å². The van der Waals surface area contributed by atoms with Crippen LogP contribution in [0.1, 0.15) is 60.3 Å². The van der Waals surface area contributed by atoms with E-state index in [1.165, 1.54) is 12.8 Å². The number of alkyl halides is 1. The van der Waals surface area contributed by atoms with Crippen molar-refractivity contribution in [1.29, 1.82) is 0 Å². The molecular weight excluding hydrogens is 363 g/mol. The molecule has 0 aliphatic rings. The summed E-state index contributed by atoms with van der Waals surface area (Å²) in [5, 5.41) is 0.255. The van der Waals surface area contributed by atoms with Crippen LogP contribution in [0, 0.1) is 11.8 Å². The summed E-state index contributed by atoms with van der Waals surface area (Å²) in [6.45, 7) is 15.9. The molecule has 0 aromatic rings. The quantitative estimate of drug-likeness (QED) is 0.182. The highest BCUT2D eigenvalue weighted by Crippen LogP contribution is 2.37. The normalized spacial score (nSPS) is 15.6. The molecule has 0 bridgehead atoms. The third kappa shape index (κ3) is 8.36. The van der Waals surface area contributed by atoms with Gasteiger partial charge in [0.1, 0.15) is 6.10 Å². The van der Waals surface area contributed by atoms with Gasteiger partial charge in [0.25, 0.3) is 0 Å². The summed E-state index contributed by atoms with van der Waals surface area (Å²) < 4.78 is 7.06. The number of rotatable bonds is 6. The standard InChI is InChI=1S/C16H31IOSi/c1-8-9-10-11-12-15(13-14(2)17)18-19(6,7)16(3,4)5/h14-15H,8-10,13H2,1-7H3/t14?,15-/m1/s1. The Balaban J connectivity index is 4.71. The van der Waals surface area contributed by atoms with E-state index in [4.69, 9.17) is 4.43 Å². The molecule has 3 heteroatoms. The summed E-state index contributed by atoms with van der Waals surface area (Å²) in [6, 6.07) is 0. The largest absolute Gasteiger partial charge is 0.403 e. The van der Waals surface area contributed by atoms with Crippen LogP contribution in [0.2, 0.25) is 18.1 Å². The molecule has 0 aromatic heterocycles. The molecular formula is C16H31IOSi. The first kappa shape index (κ1) is 19.5. The van der Waals surface area contributed by atoms with E-state index in [0.717, 1.165) is 12.8 Å². The second-order valence-corrected chi connectivity index (χ2v) is 13.7. The summed E-state index contributed by atoms with van der Waals surface area (Å²) >= 11 is 2.47. The first-order valence-corrected chi connectivity index (χ1v) is 11.6. The average molecular weight is 394 g/mol. The van der Waals surface area contributed by atoms with Crippen molar-refractivity contribution in [3.63, 3.8) is 0 Å². The van der Waals surface area contributed by atoms with Crippen molar-refractivity contribution in [3.8, 4) is 11.8 Å². The zero-order chi connectivity index (χ0) is 15.1. The van der Waals surface area contributed by atoms with Crippen LogP contribution in [0.5, 0.6) is 0 Å². The van der Waals surface area contributed by atoms with Crippen LogP contribution in [-0.4, -0.2) is 18.3 Å². The third-order valence-electron chi connectivity index (χ3n) is 3.70. The topological polar surface area (TPSA) is 9.23 Å². The molecule has 0 aliphatic heterocycles. The van der Waals surface area contributed by atoms with Gasteiger partial charge < -0.3 is 4.43 Å². The van der Waals surface area contributed by atoms with Crippen LogP contribution in [0.4, 0.5) is 0 Å². The molecule has 0 amide bonds. The molecule has 0 rings (SSSR count). The fourth-order valence-corrected chi connectivity index (χ4v) is 3.10. The Morgan fingerprint density at radius 3 is 2.26 bits per heavy atom. The molecule has 0 heterocycles. The fraction of sp³-hybridized carbons (Fsp3) is 0.875. The summed E-state index contributed by atoms with van der Waals surface area (Å²) in [6.07, 6.45) is 4.56. The lowest BCUT2D eigenvalue weighted by atomic mass is 10.2. The van der Waals surface area contributed by atoms with Gasteiger partial charge in [-0.1, -0.05) is 69.6 Å². The predicted octanol–water partition coefficient (Wildman–Crippen LogP) is 5.78. The van der Waals surface area contributed by atoms with Gasteiger partial charge in [-0.15, -0.1) is 5.92 Å². The first-order valence-electron chi connectivity index (χ1n) is 7.40. The minimum Gasteiger partial charge on any atom is -0.403 e. The summed E-state index contributed by atoms with van der Waals surface area (Å²) in [5.41, 5.74) is 0. The van der Waals surface area contributed by atoms with E-state index in [2.05, 4.69) is 82.1 Å². The second-order valence-electron chi connectivity index (χ2n) is 6.81. The number of unbranched alkanes of at least 4 members (excludes halogenated alkanes) is 2. The van der Waals surface area contributed by atoms with Gasteiger partial charge in [0, 0.05) is 10.3 Å². The first-order chi connectivity index (χ1) is 8.60. The molecule has 1 unspecified atom stereocenters. The second kappa shape index (κ2) is 8.69. The van der Waals surface area contributed by atoms with Gasteiger partial charge in [0.15, 0.2) is 8.32 Å². The zero-order valence-corrected chi connectivity index (χ0v) is 16.9. The van der Waals surface area contributed by atoms with Crippen LogP contribution >= 0.6 is 22.6 Å². The molecule has 0 aromatic carbocycles. The van der Waals surface area contributed by atoms with Crippen LogP contribution in [0.25, 0.3) is 0 Å². The Bertz CT molecular complexity index is 307. The maximum atomic E-state index is 6.45. The maximum Gasteiger partial charge on any atom is 0.193 e.